The monoisotopic (exact) mass is 215 g/mol. The second-order valence-electron chi connectivity index (χ2n) is 3.92. The molecule has 2 rings (SSSR count). The SMILES string of the molecule is Fc1cccc(CC2CNCC2(F)F)c1. The lowest BCUT2D eigenvalue weighted by atomic mass is 9.96. The normalized spacial score (nSPS) is 24.3. The fraction of sp³-hybridized carbons (Fsp3) is 0.455. The van der Waals surface area contributed by atoms with E-state index in [2.05, 4.69) is 5.32 Å². The molecule has 0 aliphatic carbocycles. The van der Waals surface area contributed by atoms with Crippen LogP contribution in [0.2, 0.25) is 0 Å². The molecule has 15 heavy (non-hydrogen) atoms. The fourth-order valence-electron chi connectivity index (χ4n) is 1.88. The molecule has 0 radical (unpaired) electrons. The predicted octanol–water partition coefficient (Wildman–Crippen LogP) is 2.22. The number of rotatable bonds is 2. The van der Waals surface area contributed by atoms with Crippen molar-refractivity contribution in [3.05, 3.63) is 35.6 Å². The maximum absolute atomic E-state index is 13.2. The molecule has 0 spiro atoms. The predicted molar refractivity (Wildman–Crippen MR) is 51.4 cm³/mol. The van der Waals surface area contributed by atoms with Crippen molar-refractivity contribution in [2.45, 2.75) is 12.3 Å². The van der Waals surface area contributed by atoms with Gasteiger partial charge in [0.15, 0.2) is 0 Å². The van der Waals surface area contributed by atoms with Gasteiger partial charge in [-0.05, 0) is 24.1 Å². The van der Waals surface area contributed by atoms with Gasteiger partial charge in [-0.3, -0.25) is 0 Å². The molecule has 1 fully saturated rings. The molecule has 1 atom stereocenters. The maximum atomic E-state index is 13.2. The standard InChI is InChI=1S/C11H12F3N/c12-10-3-1-2-8(5-10)4-9-6-15-7-11(9,13)14/h1-3,5,9,15H,4,6-7H2. The summed E-state index contributed by atoms with van der Waals surface area (Å²) in [5.41, 5.74) is 0.628. The fourth-order valence-corrected chi connectivity index (χ4v) is 1.88. The Bertz CT molecular complexity index is 351. The second kappa shape index (κ2) is 3.85. The molecule has 1 saturated heterocycles. The minimum Gasteiger partial charge on any atom is -0.311 e. The molecule has 0 bridgehead atoms. The van der Waals surface area contributed by atoms with E-state index in [4.69, 9.17) is 0 Å². The quantitative estimate of drug-likeness (QED) is 0.797. The highest BCUT2D eigenvalue weighted by Crippen LogP contribution is 2.30. The van der Waals surface area contributed by atoms with Gasteiger partial charge in [-0.25, -0.2) is 13.2 Å². The van der Waals surface area contributed by atoms with Crippen LogP contribution in [0, 0.1) is 11.7 Å². The Morgan fingerprint density at radius 2 is 2.20 bits per heavy atom. The van der Waals surface area contributed by atoms with Crippen molar-refractivity contribution >= 4 is 0 Å². The number of hydrogen-bond acceptors (Lipinski definition) is 1. The van der Waals surface area contributed by atoms with E-state index in [-0.39, 0.29) is 18.8 Å². The van der Waals surface area contributed by atoms with Gasteiger partial charge in [0.05, 0.1) is 6.54 Å². The Balaban J connectivity index is 2.09. The van der Waals surface area contributed by atoms with Gasteiger partial charge < -0.3 is 5.32 Å². The topological polar surface area (TPSA) is 12.0 Å². The van der Waals surface area contributed by atoms with Crippen LogP contribution in [0.5, 0.6) is 0 Å². The Kier molecular flexibility index (Phi) is 2.69. The van der Waals surface area contributed by atoms with Gasteiger partial charge >= 0.3 is 0 Å². The van der Waals surface area contributed by atoms with Crippen LogP contribution >= 0.6 is 0 Å². The number of halogens is 3. The molecule has 1 nitrogen and oxygen atoms in total. The van der Waals surface area contributed by atoms with Crippen LogP contribution in [-0.2, 0) is 6.42 Å². The molecule has 1 N–H and O–H groups in total. The highest BCUT2D eigenvalue weighted by Gasteiger charge is 2.43. The Hall–Kier alpha value is -1.03. The van der Waals surface area contributed by atoms with Gasteiger partial charge in [-0.2, -0.15) is 0 Å². The number of benzene rings is 1. The first-order valence-corrected chi connectivity index (χ1v) is 4.91. The van der Waals surface area contributed by atoms with Crippen LogP contribution in [0.25, 0.3) is 0 Å². The second-order valence-corrected chi connectivity index (χ2v) is 3.92. The molecular formula is C11H12F3N. The third kappa shape index (κ3) is 2.31. The average Bonchev–Trinajstić information content (AvgIpc) is 2.46. The van der Waals surface area contributed by atoms with Crippen LogP contribution in [0.3, 0.4) is 0 Å². The van der Waals surface area contributed by atoms with E-state index in [9.17, 15) is 13.2 Å². The lowest BCUT2D eigenvalue weighted by Gasteiger charge is -2.17. The first kappa shape index (κ1) is 10.5. The Morgan fingerprint density at radius 3 is 2.80 bits per heavy atom. The Morgan fingerprint density at radius 1 is 1.40 bits per heavy atom. The first-order chi connectivity index (χ1) is 7.08. The largest absolute Gasteiger partial charge is 0.311 e. The molecular weight excluding hydrogens is 203 g/mol. The summed E-state index contributed by atoms with van der Waals surface area (Å²) in [5, 5.41) is 2.65. The van der Waals surface area contributed by atoms with E-state index in [1.807, 2.05) is 0 Å². The first-order valence-electron chi connectivity index (χ1n) is 4.91. The van der Waals surface area contributed by atoms with Gasteiger partial charge in [0.2, 0.25) is 0 Å². The molecule has 1 unspecified atom stereocenters. The minimum absolute atomic E-state index is 0.220. The summed E-state index contributed by atoms with van der Waals surface area (Å²) in [5.74, 6) is -3.77. The average molecular weight is 215 g/mol. The van der Waals surface area contributed by atoms with Crippen molar-refractivity contribution in [1.29, 1.82) is 0 Å². The maximum Gasteiger partial charge on any atom is 0.264 e. The van der Waals surface area contributed by atoms with Crippen molar-refractivity contribution in [3.63, 3.8) is 0 Å². The lowest BCUT2D eigenvalue weighted by molar-refractivity contribution is -0.0212. The van der Waals surface area contributed by atoms with Crippen LogP contribution in [0.15, 0.2) is 24.3 Å². The summed E-state index contributed by atoms with van der Waals surface area (Å²) < 4.78 is 39.3. The summed E-state index contributed by atoms with van der Waals surface area (Å²) in [6.07, 6.45) is 0.220. The zero-order chi connectivity index (χ0) is 10.9. The van der Waals surface area contributed by atoms with Crippen LogP contribution < -0.4 is 5.32 Å². The van der Waals surface area contributed by atoms with Crippen molar-refractivity contribution < 1.29 is 13.2 Å². The molecule has 1 aromatic carbocycles. The highest BCUT2D eigenvalue weighted by molar-refractivity contribution is 5.18. The summed E-state index contributed by atoms with van der Waals surface area (Å²) >= 11 is 0. The van der Waals surface area contributed by atoms with E-state index in [1.165, 1.54) is 12.1 Å². The van der Waals surface area contributed by atoms with E-state index >= 15 is 0 Å². The van der Waals surface area contributed by atoms with E-state index in [0.717, 1.165) is 0 Å². The van der Waals surface area contributed by atoms with E-state index in [0.29, 0.717) is 12.1 Å². The van der Waals surface area contributed by atoms with Gasteiger partial charge in [0.25, 0.3) is 5.92 Å². The lowest BCUT2D eigenvalue weighted by Crippen LogP contribution is -2.28. The smallest absolute Gasteiger partial charge is 0.264 e. The van der Waals surface area contributed by atoms with Gasteiger partial charge in [-0.15, -0.1) is 0 Å². The zero-order valence-electron chi connectivity index (χ0n) is 8.14. The van der Waals surface area contributed by atoms with Crippen molar-refractivity contribution in [3.8, 4) is 0 Å². The van der Waals surface area contributed by atoms with Gasteiger partial charge in [-0.1, -0.05) is 12.1 Å². The molecule has 0 amide bonds. The van der Waals surface area contributed by atoms with Gasteiger partial charge in [0.1, 0.15) is 5.82 Å². The number of nitrogens with one attached hydrogen (secondary N) is 1. The van der Waals surface area contributed by atoms with Crippen LogP contribution in [-0.4, -0.2) is 19.0 Å². The summed E-state index contributed by atoms with van der Waals surface area (Å²) in [6.45, 7) is 0.0243. The third-order valence-corrected chi connectivity index (χ3v) is 2.72. The van der Waals surface area contributed by atoms with E-state index in [1.54, 1.807) is 12.1 Å². The summed E-state index contributed by atoms with van der Waals surface area (Å²) in [6, 6.07) is 5.85. The molecule has 1 aromatic rings. The zero-order valence-corrected chi connectivity index (χ0v) is 8.14. The van der Waals surface area contributed by atoms with Crippen LogP contribution in [0.4, 0.5) is 13.2 Å². The molecule has 0 aromatic heterocycles. The van der Waals surface area contributed by atoms with E-state index < -0.39 is 11.8 Å². The molecule has 1 heterocycles. The summed E-state index contributed by atoms with van der Waals surface area (Å²) in [7, 11) is 0. The number of alkyl halides is 2. The minimum atomic E-state index is -2.67. The van der Waals surface area contributed by atoms with Crippen molar-refractivity contribution in [2.24, 2.45) is 5.92 Å². The van der Waals surface area contributed by atoms with Crippen molar-refractivity contribution in [2.75, 3.05) is 13.1 Å². The van der Waals surface area contributed by atoms with Gasteiger partial charge in [0, 0.05) is 12.5 Å². The molecule has 1 aliphatic heterocycles. The highest BCUT2D eigenvalue weighted by atomic mass is 19.3. The van der Waals surface area contributed by atoms with Crippen molar-refractivity contribution in [1.82, 2.24) is 5.32 Å². The van der Waals surface area contributed by atoms with Crippen LogP contribution in [0.1, 0.15) is 5.56 Å². The third-order valence-electron chi connectivity index (χ3n) is 2.72. The number of hydrogen-bond donors (Lipinski definition) is 1. The summed E-state index contributed by atoms with van der Waals surface area (Å²) in [4.78, 5) is 0. The molecule has 4 heteroatoms. The molecule has 0 saturated carbocycles. The Labute approximate surface area is 86.3 Å². The molecule has 1 aliphatic rings. The molecule has 82 valence electrons.